The standard InChI is InChI=1S/C15H20ClNO/c1-2-12-5-3-4-6-14(12)15(18)17-10-11-7-8-13(16)9-11/h3-6,11,13H,2,7-10H2,1H3,(H,17,18). The molecule has 0 spiro atoms. The lowest BCUT2D eigenvalue weighted by Crippen LogP contribution is -2.29. The summed E-state index contributed by atoms with van der Waals surface area (Å²) in [7, 11) is 0. The minimum absolute atomic E-state index is 0.0467. The van der Waals surface area contributed by atoms with Crippen molar-refractivity contribution < 1.29 is 4.79 Å². The Hall–Kier alpha value is -1.02. The van der Waals surface area contributed by atoms with Crippen LogP contribution in [0.4, 0.5) is 0 Å². The second-order valence-electron chi connectivity index (χ2n) is 5.00. The minimum atomic E-state index is 0.0467. The van der Waals surface area contributed by atoms with Crippen molar-refractivity contribution in [1.29, 1.82) is 0 Å². The average molecular weight is 266 g/mol. The Bertz CT molecular complexity index is 419. The Morgan fingerprint density at radius 3 is 2.83 bits per heavy atom. The third-order valence-corrected chi connectivity index (χ3v) is 4.07. The number of carbonyl (C=O) groups excluding carboxylic acids is 1. The van der Waals surface area contributed by atoms with E-state index in [9.17, 15) is 4.79 Å². The van der Waals surface area contributed by atoms with Gasteiger partial charge in [-0.15, -0.1) is 11.6 Å². The van der Waals surface area contributed by atoms with Gasteiger partial charge in [0.05, 0.1) is 0 Å². The van der Waals surface area contributed by atoms with Gasteiger partial charge in [0.1, 0.15) is 0 Å². The maximum Gasteiger partial charge on any atom is 0.251 e. The SMILES string of the molecule is CCc1ccccc1C(=O)NCC1CCC(Cl)C1. The second-order valence-corrected chi connectivity index (χ2v) is 5.61. The lowest BCUT2D eigenvalue weighted by molar-refractivity contribution is 0.0946. The van der Waals surface area contributed by atoms with E-state index in [4.69, 9.17) is 11.6 Å². The molecule has 0 heterocycles. The molecule has 3 heteroatoms. The molecule has 1 aromatic rings. The highest BCUT2D eigenvalue weighted by Gasteiger charge is 2.23. The van der Waals surface area contributed by atoms with Crippen LogP contribution >= 0.6 is 11.6 Å². The summed E-state index contributed by atoms with van der Waals surface area (Å²) >= 11 is 6.07. The van der Waals surface area contributed by atoms with Gasteiger partial charge in [0.2, 0.25) is 0 Å². The van der Waals surface area contributed by atoms with Crippen molar-refractivity contribution in [2.24, 2.45) is 5.92 Å². The molecule has 0 aromatic heterocycles. The van der Waals surface area contributed by atoms with Crippen LogP contribution in [0.5, 0.6) is 0 Å². The third-order valence-electron chi connectivity index (χ3n) is 3.67. The summed E-state index contributed by atoms with van der Waals surface area (Å²) < 4.78 is 0. The molecule has 2 rings (SSSR count). The predicted molar refractivity (Wildman–Crippen MR) is 75.1 cm³/mol. The van der Waals surface area contributed by atoms with Gasteiger partial charge in [-0.2, -0.15) is 0 Å². The van der Waals surface area contributed by atoms with E-state index >= 15 is 0 Å². The van der Waals surface area contributed by atoms with Crippen LogP contribution in [0.1, 0.15) is 42.1 Å². The predicted octanol–water partition coefficient (Wildman–Crippen LogP) is 3.39. The molecule has 2 nitrogen and oxygen atoms in total. The van der Waals surface area contributed by atoms with Gasteiger partial charge in [-0.1, -0.05) is 25.1 Å². The van der Waals surface area contributed by atoms with Crippen molar-refractivity contribution in [2.45, 2.75) is 38.0 Å². The lowest BCUT2D eigenvalue weighted by Gasteiger charge is -2.12. The molecule has 1 aromatic carbocycles. The van der Waals surface area contributed by atoms with E-state index in [1.54, 1.807) is 0 Å². The van der Waals surface area contributed by atoms with Gasteiger partial charge in [-0.05, 0) is 43.2 Å². The highest BCUT2D eigenvalue weighted by molar-refractivity contribution is 6.20. The molecule has 1 saturated carbocycles. The fraction of sp³-hybridized carbons (Fsp3) is 0.533. The van der Waals surface area contributed by atoms with Crippen LogP contribution in [0.2, 0.25) is 0 Å². The minimum Gasteiger partial charge on any atom is -0.352 e. The van der Waals surface area contributed by atoms with Crippen molar-refractivity contribution in [2.75, 3.05) is 6.54 Å². The lowest BCUT2D eigenvalue weighted by atomic mass is 10.0. The van der Waals surface area contributed by atoms with Crippen LogP contribution in [0.15, 0.2) is 24.3 Å². The number of nitrogens with one attached hydrogen (secondary N) is 1. The van der Waals surface area contributed by atoms with Gasteiger partial charge in [-0.3, -0.25) is 4.79 Å². The molecule has 1 aliphatic rings. The number of aryl methyl sites for hydroxylation is 1. The Kier molecular flexibility index (Phi) is 4.65. The molecule has 2 atom stereocenters. The molecule has 0 saturated heterocycles. The molecule has 0 radical (unpaired) electrons. The molecule has 0 aliphatic heterocycles. The molecule has 1 fully saturated rings. The van der Waals surface area contributed by atoms with Crippen LogP contribution in [0.3, 0.4) is 0 Å². The molecular weight excluding hydrogens is 246 g/mol. The largest absolute Gasteiger partial charge is 0.352 e. The quantitative estimate of drug-likeness (QED) is 0.831. The van der Waals surface area contributed by atoms with E-state index < -0.39 is 0 Å². The summed E-state index contributed by atoms with van der Waals surface area (Å²) in [5.41, 5.74) is 1.91. The normalized spacial score (nSPS) is 23.0. The van der Waals surface area contributed by atoms with Gasteiger partial charge in [0, 0.05) is 17.5 Å². The molecule has 18 heavy (non-hydrogen) atoms. The van der Waals surface area contributed by atoms with Gasteiger partial charge in [0.25, 0.3) is 5.91 Å². The summed E-state index contributed by atoms with van der Waals surface area (Å²) in [5, 5.41) is 3.34. The van der Waals surface area contributed by atoms with E-state index in [0.29, 0.717) is 11.3 Å². The fourth-order valence-electron chi connectivity index (χ4n) is 2.58. The topological polar surface area (TPSA) is 29.1 Å². The maximum absolute atomic E-state index is 12.1. The maximum atomic E-state index is 12.1. The van der Waals surface area contributed by atoms with Crippen LogP contribution in [0, 0.1) is 5.92 Å². The summed E-state index contributed by atoms with van der Waals surface area (Å²) in [6.07, 6.45) is 4.12. The molecule has 98 valence electrons. The Morgan fingerprint density at radius 1 is 1.39 bits per heavy atom. The number of alkyl halides is 1. The van der Waals surface area contributed by atoms with Crippen molar-refractivity contribution in [3.8, 4) is 0 Å². The highest BCUT2D eigenvalue weighted by atomic mass is 35.5. The first kappa shape index (κ1) is 13.4. The summed E-state index contributed by atoms with van der Waals surface area (Å²) in [4.78, 5) is 12.1. The number of benzene rings is 1. The second kappa shape index (κ2) is 6.24. The average Bonchev–Trinajstić information content (AvgIpc) is 2.81. The van der Waals surface area contributed by atoms with Gasteiger partial charge in [-0.25, -0.2) is 0 Å². The third kappa shape index (κ3) is 3.26. The smallest absolute Gasteiger partial charge is 0.251 e. The zero-order valence-corrected chi connectivity index (χ0v) is 11.5. The zero-order chi connectivity index (χ0) is 13.0. The van der Waals surface area contributed by atoms with Crippen molar-refractivity contribution in [3.63, 3.8) is 0 Å². The first-order chi connectivity index (χ1) is 8.70. The Balaban J connectivity index is 1.91. The van der Waals surface area contributed by atoms with Crippen LogP contribution in [0.25, 0.3) is 0 Å². The van der Waals surface area contributed by atoms with Crippen LogP contribution < -0.4 is 5.32 Å². The van der Waals surface area contributed by atoms with Gasteiger partial charge >= 0.3 is 0 Å². The van der Waals surface area contributed by atoms with E-state index in [-0.39, 0.29) is 5.91 Å². The Labute approximate surface area is 114 Å². The number of halogens is 1. The number of rotatable bonds is 4. The first-order valence-corrected chi connectivity index (χ1v) is 7.14. The molecule has 0 bridgehead atoms. The number of amides is 1. The van der Waals surface area contributed by atoms with E-state index in [0.717, 1.165) is 43.4 Å². The molecule has 1 aliphatic carbocycles. The van der Waals surface area contributed by atoms with Crippen molar-refractivity contribution >= 4 is 17.5 Å². The monoisotopic (exact) mass is 265 g/mol. The zero-order valence-electron chi connectivity index (χ0n) is 10.8. The van der Waals surface area contributed by atoms with E-state index in [2.05, 4.69) is 12.2 Å². The number of carbonyl (C=O) groups is 1. The summed E-state index contributed by atoms with van der Waals surface area (Å²) in [6, 6.07) is 7.80. The molecule has 1 amide bonds. The van der Waals surface area contributed by atoms with E-state index in [1.807, 2.05) is 24.3 Å². The van der Waals surface area contributed by atoms with Crippen molar-refractivity contribution in [1.82, 2.24) is 5.32 Å². The summed E-state index contributed by atoms with van der Waals surface area (Å²) in [5.74, 6) is 0.593. The molecule has 1 N–H and O–H groups in total. The molecular formula is C15H20ClNO. The highest BCUT2D eigenvalue weighted by Crippen LogP contribution is 2.28. The summed E-state index contributed by atoms with van der Waals surface area (Å²) in [6.45, 7) is 2.82. The van der Waals surface area contributed by atoms with Crippen molar-refractivity contribution in [3.05, 3.63) is 35.4 Å². The van der Waals surface area contributed by atoms with Crippen LogP contribution in [-0.4, -0.2) is 17.8 Å². The van der Waals surface area contributed by atoms with Crippen LogP contribution in [-0.2, 0) is 6.42 Å². The Morgan fingerprint density at radius 2 is 2.17 bits per heavy atom. The number of hydrogen-bond acceptors (Lipinski definition) is 1. The number of hydrogen-bond donors (Lipinski definition) is 1. The fourth-order valence-corrected chi connectivity index (χ4v) is 2.96. The van der Waals surface area contributed by atoms with Gasteiger partial charge < -0.3 is 5.32 Å². The molecule has 2 unspecified atom stereocenters. The van der Waals surface area contributed by atoms with E-state index in [1.165, 1.54) is 0 Å². The van der Waals surface area contributed by atoms with Gasteiger partial charge in [0.15, 0.2) is 0 Å². The first-order valence-electron chi connectivity index (χ1n) is 6.71.